The summed E-state index contributed by atoms with van der Waals surface area (Å²) in [4.78, 5) is 21.7. The van der Waals surface area contributed by atoms with Crippen LogP contribution in [0.4, 0.5) is 10.1 Å². The molecule has 7 nitrogen and oxygen atoms in total. The Hall–Kier alpha value is -2.00. The molecule has 1 atom stereocenters. The smallest absolute Gasteiger partial charge is 0.307 e. The SMILES string of the molecule is CC(=O)Nc1cc(S(=O)(=O)N2CCC(C(=O)O)C2)ccc1F. The van der Waals surface area contributed by atoms with Gasteiger partial charge in [0.05, 0.1) is 16.5 Å². The maximum atomic E-state index is 13.6. The highest BCUT2D eigenvalue weighted by atomic mass is 32.2. The highest BCUT2D eigenvalue weighted by Gasteiger charge is 2.36. The van der Waals surface area contributed by atoms with Gasteiger partial charge in [-0.15, -0.1) is 0 Å². The summed E-state index contributed by atoms with van der Waals surface area (Å²) in [7, 11) is -3.93. The number of carboxylic acids is 1. The third-order valence-electron chi connectivity index (χ3n) is 3.39. The minimum Gasteiger partial charge on any atom is -0.481 e. The molecule has 1 aromatic carbocycles. The lowest BCUT2D eigenvalue weighted by molar-refractivity contribution is -0.141. The average molecular weight is 330 g/mol. The Balaban J connectivity index is 2.30. The number of hydrogen-bond acceptors (Lipinski definition) is 4. The van der Waals surface area contributed by atoms with Crippen LogP contribution < -0.4 is 5.32 Å². The lowest BCUT2D eigenvalue weighted by Crippen LogP contribution is -2.30. The van der Waals surface area contributed by atoms with E-state index in [4.69, 9.17) is 5.11 Å². The number of amides is 1. The molecule has 1 aromatic rings. The molecule has 1 aliphatic rings. The molecule has 1 amide bonds. The van der Waals surface area contributed by atoms with E-state index in [9.17, 15) is 22.4 Å². The van der Waals surface area contributed by atoms with E-state index in [1.165, 1.54) is 6.92 Å². The number of nitrogens with one attached hydrogen (secondary N) is 1. The van der Waals surface area contributed by atoms with E-state index < -0.39 is 33.6 Å². The van der Waals surface area contributed by atoms with Crippen molar-refractivity contribution in [2.75, 3.05) is 18.4 Å². The second kappa shape index (κ2) is 6.01. The van der Waals surface area contributed by atoms with Crippen LogP contribution in [0, 0.1) is 11.7 Å². The molecule has 2 N–H and O–H groups in total. The van der Waals surface area contributed by atoms with Crippen molar-refractivity contribution in [2.45, 2.75) is 18.2 Å². The van der Waals surface area contributed by atoms with Crippen molar-refractivity contribution < 1.29 is 27.5 Å². The van der Waals surface area contributed by atoms with Crippen LogP contribution in [0.25, 0.3) is 0 Å². The normalized spacial score (nSPS) is 19.1. The second-order valence-corrected chi connectivity index (χ2v) is 6.95. The maximum Gasteiger partial charge on any atom is 0.307 e. The molecule has 0 spiro atoms. The topological polar surface area (TPSA) is 104 Å². The van der Waals surface area contributed by atoms with Gasteiger partial charge in [-0.1, -0.05) is 0 Å². The van der Waals surface area contributed by atoms with Crippen LogP contribution in [-0.4, -0.2) is 42.8 Å². The molecule has 1 heterocycles. The molecule has 22 heavy (non-hydrogen) atoms. The highest BCUT2D eigenvalue weighted by Crippen LogP contribution is 2.27. The Kier molecular flexibility index (Phi) is 4.47. The predicted molar refractivity (Wildman–Crippen MR) is 75.2 cm³/mol. The first-order chi connectivity index (χ1) is 10.2. The summed E-state index contributed by atoms with van der Waals surface area (Å²) in [5.41, 5.74) is -0.234. The van der Waals surface area contributed by atoms with E-state index in [0.29, 0.717) is 0 Å². The van der Waals surface area contributed by atoms with Crippen LogP contribution in [0.1, 0.15) is 13.3 Å². The minimum absolute atomic E-state index is 0.0894. The Morgan fingerprint density at radius 3 is 2.64 bits per heavy atom. The van der Waals surface area contributed by atoms with Crippen molar-refractivity contribution in [1.82, 2.24) is 4.31 Å². The second-order valence-electron chi connectivity index (χ2n) is 5.01. The Morgan fingerprint density at radius 1 is 1.41 bits per heavy atom. The molecule has 2 rings (SSSR count). The third-order valence-corrected chi connectivity index (χ3v) is 5.25. The van der Waals surface area contributed by atoms with Gasteiger partial charge >= 0.3 is 5.97 Å². The number of carboxylic acid groups (broad SMARTS) is 1. The zero-order valence-electron chi connectivity index (χ0n) is 11.7. The van der Waals surface area contributed by atoms with Crippen LogP contribution in [0.2, 0.25) is 0 Å². The van der Waals surface area contributed by atoms with Crippen molar-refractivity contribution in [3.8, 4) is 0 Å². The molecule has 9 heteroatoms. The van der Waals surface area contributed by atoms with Crippen LogP contribution in [0.15, 0.2) is 23.1 Å². The van der Waals surface area contributed by atoms with Gasteiger partial charge in [-0.3, -0.25) is 9.59 Å². The van der Waals surface area contributed by atoms with Crippen molar-refractivity contribution >= 4 is 27.6 Å². The molecule has 0 radical (unpaired) electrons. The Bertz CT molecular complexity index is 719. The van der Waals surface area contributed by atoms with Crippen molar-refractivity contribution in [1.29, 1.82) is 0 Å². The monoisotopic (exact) mass is 330 g/mol. The fourth-order valence-corrected chi connectivity index (χ4v) is 3.77. The quantitative estimate of drug-likeness (QED) is 0.853. The zero-order valence-corrected chi connectivity index (χ0v) is 12.6. The van der Waals surface area contributed by atoms with Gasteiger partial charge in [0.15, 0.2) is 0 Å². The fourth-order valence-electron chi connectivity index (χ4n) is 2.25. The lowest BCUT2D eigenvalue weighted by Gasteiger charge is -2.16. The minimum atomic E-state index is -3.93. The van der Waals surface area contributed by atoms with Crippen LogP contribution in [0.3, 0.4) is 0 Å². The van der Waals surface area contributed by atoms with E-state index in [-0.39, 0.29) is 30.1 Å². The van der Waals surface area contributed by atoms with E-state index in [1.54, 1.807) is 0 Å². The maximum absolute atomic E-state index is 13.6. The van der Waals surface area contributed by atoms with Gasteiger partial charge in [-0.25, -0.2) is 12.8 Å². The van der Waals surface area contributed by atoms with Gasteiger partial charge in [0.2, 0.25) is 15.9 Å². The summed E-state index contributed by atoms with van der Waals surface area (Å²) in [6.07, 6.45) is 0.230. The molecule has 1 aliphatic heterocycles. The van der Waals surface area contributed by atoms with Gasteiger partial charge in [0.1, 0.15) is 5.82 Å². The number of nitrogens with zero attached hydrogens (tertiary/aromatic N) is 1. The lowest BCUT2D eigenvalue weighted by atomic mass is 10.1. The summed E-state index contributed by atoms with van der Waals surface area (Å²) in [6.45, 7) is 1.15. The van der Waals surface area contributed by atoms with Crippen molar-refractivity contribution in [3.63, 3.8) is 0 Å². The summed E-state index contributed by atoms with van der Waals surface area (Å²) in [5, 5.41) is 11.1. The third kappa shape index (κ3) is 3.25. The van der Waals surface area contributed by atoms with Gasteiger partial charge in [0.25, 0.3) is 0 Å². The molecule has 0 aromatic heterocycles. The molecule has 0 bridgehead atoms. The molecule has 0 aliphatic carbocycles. The first kappa shape index (κ1) is 16.4. The van der Waals surface area contributed by atoms with Gasteiger partial charge < -0.3 is 10.4 Å². The number of halogens is 1. The Morgan fingerprint density at radius 2 is 2.09 bits per heavy atom. The van der Waals surface area contributed by atoms with E-state index in [0.717, 1.165) is 22.5 Å². The van der Waals surface area contributed by atoms with E-state index in [1.807, 2.05) is 0 Å². The summed E-state index contributed by atoms with van der Waals surface area (Å²) in [6, 6.07) is 3.06. The number of rotatable bonds is 4. The molecule has 1 fully saturated rings. The standard InChI is InChI=1S/C13H15FN2O5S/c1-8(17)15-12-6-10(2-3-11(12)14)22(20,21)16-5-4-9(7-16)13(18)19/h2-3,6,9H,4-5,7H2,1H3,(H,15,17)(H,18,19). The number of sulfonamides is 1. The first-order valence-electron chi connectivity index (χ1n) is 6.52. The predicted octanol–water partition coefficient (Wildman–Crippen LogP) is 0.879. The van der Waals surface area contributed by atoms with Crippen molar-refractivity contribution in [3.05, 3.63) is 24.0 Å². The first-order valence-corrected chi connectivity index (χ1v) is 7.96. The molecular formula is C13H15FN2O5S. The number of hydrogen-bond donors (Lipinski definition) is 2. The zero-order chi connectivity index (χ0) is 16.5. The average Bonchev–Trinajstić information content (AvgIpc) is 2.91. The van der Waals surface area contributed by atoms with Gasteiger partial charge in [-0.05, 0) is 24.6 Å². The van der Waals surface area contributed by atoms with Crippen LogP contribution in [0.5, 0.6) is 0 Å². The van der Waals surface area contributed by atoms with Crippen LogP contribution in [-0.2, 0) is 19.6 Å². The molecular weight excluding hydrogens is 315 g/mol. The molecule has 120 valence electrons. The van der Waals surface area contributed by atoms with Crippen molar-refractivity contribution in [2.24, 2.45) is 5.92 Å². The number of anilines is 1. The number of carbonyl (C=O) groups is 2. The molecule has 1 saturated heterocycles. The number of benzene rings is 1. The molecule has 1 unspecified atom stereocenters. The van der Waals surface area contributed by atoms with Gasteiger partial charge in [-0.2, -0.15) is 4.31 Å². The van der Waals surface area contributed by atoms with Crippen LogP contribution >= 0.6 is 0 Å². The largest absolute Gasteiger partial charge is 0.481 e. The number of aliphatic carboxylic acids is 1. The summed E-state index contributed by atoms with van der Waals surface area (Å²) < 4.78 is 39.5. The molecule has 0 saturated carbocycles. The number of carbonyl (C=O) groups excluding carboxylic acids is 1. The van der Waals surface area contributed by atoms with E-state index in [2.05, 4.69) is 5.32 Å². The summed E-state index contributed by atoms with van der Waals surface area (Å²) in [5.74, 6) is -3.07. The Labute approximate surface area is 126 Å². The summed E-state index contributed by atoms with van der Waals surface area (Å²) >= 11 is 0. The highest BCUT2D eigenvalue weighted by molar-refractivity contribution is 7.89. The fraction of sp³-hybridized carbons (Fsp3) is 0.385. The van der Waals surface area contributed by atoms with E-state index >= 15 is 0 Å². The van der Waals surface area contributed by atoms with Gasteiger partial charge in [0, 0.05) is 20.0 Å².